The molecule has 0 heterocycles. The van der Waals surface area contributed by atoms with Crippen LogP contribution in [0.15, 0.2) is 57.5 Å². The van der Waals surface area contributed by atoms with Gasteiger partial charge in [-0.2, -0.15) is 0 Å². The number of hydrogen-bond donors (Lipinski definition) is 1. The molecule has 0 amide bonds. The number of benzene rings is 2. The van der Waals surface area contributed by atoms with E-state index in [2.05, 4.69) is 79.2 Å². The second-order valence-electron chi connectivity index (χ2n) is 4.73. The lowest BCUT2D eigenvalue weighted by atomic mass is 10.1. The van der Waals surface area contributed by atoms with Gasteiger partial charge in [-0.05, 0) is 55.1 Å². The molecule has 0 unspecified atom stereocenters. The van der Waals surface area contributed by atoms with Crippen molar-refractivity contribution in [3.63, 3.8) is 0 Å². The Bertz CT molecular complexity index is 543. The predicted molar refractivity (Wildman–Crippen MR) is 91.5 cm³/mol. The van der Waals surface area contributed by atoms with Crippen LogP contribution < -0.4 is 5.73 Å². The van der Waals surface area contributed by atoms with E-state index < -0.39 is 0 Å². The SMILES string of the molecule is NCCN(Cc1ccccc1)Cc1ccc(Br)c(Br)c1. The fourth-order valence-electron chi connectivity index (χ4n) is 2.13. The third kappa shape index (κ3) is 4.70. The van der Waals surface area contributed by atoms with Gasteiger partial charge >= 0.3 is 0 Å². The van der Waals surface area contributed by atoms with Crippen molar-refractivity contribution in [3.8, 4) is 0 Å². The minimum atomic E-state index is 0.671. The molecular weight excluding hydrogens is 380 g/mol. The molecule has 0 bridgehead atoms. The molecule has 0 aliphatic heterocycles. The lowest BCUT2D eigenvalue weighted by molar-refractivity contribution is 0.264. The number of rotatable bonds is 6. The Balaban J connectivity index is 2.06. The molecule has 20 heavy (non-hydrogen) atoms. The van der Waals surface area contributed by atoms with Gasteiger partial charge in [0.1, 0.15) is 0 Å². The third-order valence-corrected chi connectivity index (χ3v) is 4.96. The highest BCUT2D eigenvalue weighted by Crippen LogP contribution is 2.24. The van der Waals surface area contributed by atoms with Crippen LogP contribution in [0, 0.1) is 0 Å². The third-order valence-electron chi connectivity index (χ3n) is 3.08. The molecule has 0 saturated carbocycles. The van der Waals surface area contributed by atoms with Crippen molar-refractivity contribution in [2.75, 3.05) is 13.1 Å². The summed E-state index contributed by atoms with van der Waals surface area (Å²) in [5.74, 6) is 0. The van der Waals surface area contributed by atoms with E-state index >= 15 is 0 Å². The van der Waals surface area contributed by atoms with Gasteiger partial charge in [0.05, 0.1) is 0 Å². The maximum Gasteiger partial charge on any atom is 0.0320 e. The number of nitrogens with zero attached hydrogens (tertiary/aromatic N) is 1. The van der Waals surface area contributed by atoms with Gasteiger partial charge in [0, 0.05) is 35.1 Å². The maximum atomic E-state index is 5.73. The Morgan fingerprint density at radius 2 is 1.55 bits per heavy atom. The van der Waals surface area contributed by atoms with Gasteiger partial charge in [0.15, 0.2) is 0 Å². The van der Waals surface area contributed by atoms with Crippen molar-refractivity contribution in [1.29, 1.82) is 0 Å². The maximum absolute atomic E-state index is 5.73. The molecule has 0 fully saturated rings. The van der Waals surface area contributed by atoms with Gasteiger partial charge in [0.2, 0.25) is 0 Å². The molecule has 0 aromatic heterocycles. The molecule has 106 valence electrons. The molecule has 0 aliphatic carbocycles. The Morgan fingerprint density at radius 1 is 0.850 bits per heavy atom. The lowest BCUT2D eigenvalue weighted by Gasteiger charge is -2.22. The Kier molecular flexibility index (Phi) is 6.23. The van der Waals surface area contributed by atoms with Crippen LogP contribution in [0.1, 0.15) is 11.1 Å². The molecule has 2 nitrogen and oxygen atoms in total. The van der Waals surface area contributed by atoms with Crippen LogP contribution in [0.3, 0.4) is 0 Å². The van der Waals surface area contributed by atoms with E-state index in [1.807, 2.05) is 6.07 Å². The standard InChI is InChI=1S/C16H18Br2N2/c17-15-7-6-14(10-16(15)18)12-20(9-8-19)11-13-4-2-1-3-5-13/h1-7,10H,8-9,11-12,19H2. The predicted octanol–water partition coefficient (Wildman–Crippen LogP) is 4.17. The number of nitrogens with two attached hydrogens (primary N) is 1. The summed E-state index contributed by atoms with van der Waals surface area (Å²) in [7, 11) is 0. The fraction of sp³-hybridized carbons (Fsp3) is 0.250. The van der Waals surface area contributed by atoms with Crippen molar-refractivity contribution in [2.45, 2.75) is 13.1 Å². The quantitative estimate of drug-likeness (QED) is 0.792. The minimum absolute atomic E-state index is 0.671. The zero-order chi connectivity index (χ0) is 14.4. The first-order valence-corrected chi connectivity index (χ1v) is 8.18. The summed E-state index contributed by atoms with van der Waals surface area (Å²) < 4.78 is 2.16. The zero-order valence-electron chi connectivity index (χ0n) is 11.2. The molecule has 2 aromatic carbocycles. The van der Waals surface area contributed by atoms with Crippen LogP contribution >= 0.6 is 31.9 Å². The summed E-state index contributed by atoms with van der Waals surface area (Å²) in [6.07, 6.45) is 0. The van der Waals surface area contributed by atoms with E-state index in [4.69, 9.17) is 5.73 Å². The summed E-state index contributed by atoms with van der Waals surface area (Å²) in [6.45, 7) is 3.39. The summed E-state index contributed by atoms with van der Waals surface area (Å²) in [5, 5.41) is 0. The van der Waals surface area contributed by atoms with Crippen LogP contribution in [-0.2, 0) is 13.1 Å². The van der Waals surface area contributed by atoms with Crippen molar-refractivity contribution < 1.29 is 0 Å². The van der Waals surface area contributed by atoms with Crippen LogP contribution in [0.2, 0.25) is 0 Å². The summed E-state index contributed by atoms with van der Waals surface area (Å²) in [6, 6.07) is 16.9. The molecule has 0 saturated heterocycles. The highest BCUT2D eigenvalue weighted by Gasteiger charge is 2.07. The summed E-state index contributed by atoms with van der Waals surface area (Å²) in [4.78, 5) is 2.37. The monoisotopic (exact) mass is 396 g/mol. The first-order chi connectivity index (χ1) is 9.69. The van der Waals surface area contributed by atoms with Gasteiger partial charge in [-0.25, -0.2) is 0 Å². The van der Waals surface area contributed by atoms with E-state index in [1.165, 1.54) is 11.1 Å². The van der Waals surface area contributed by atoms with E-state index in [1.54, 1.807) is 0 Å². The average molecular weight is 398 g/mol. The molecule has 4 heteroatoms. The molecule has 0 aliphatic rings. The molecule has 0 atom stereocenters. The second-order valence-corrected chi connectivity index (χ2v) is 6.44. The van der Waals surface area contributed by atoms with E-state index in [0.29, 0.717) is 6.54 Å². The zero-order valence-corrected chi connectivity index (χ0v) is 14.4. The Morgan fingerprint density at radius 3 is 2.20 bits per heavy atom. The largest absolute Gasteiger partial charge is 0.329 e. The van der Waals surface area contributed by atoms with Gasteiger partial charge in [-0.3, -0.25) is 4.90 Å². The van der Waals surface area contributed by atoms with E-state index in [-0.39, 0.29) is 0 Å². The van der Waals surface area contributed by atoms with Crippen molar-refractivity contribution in [3.05, 3.63) is 68.6 Å². The number of hydrogen-bond acceptors (Lipinski definition) is 2. The molecular formula is C16H18Br2N2. The van der Waals surface area contributed by atoms with Crippen molar-refractivity contribution in [2.24, 2.45) is 5.73 Å². The number of halogens is 2. The Hall–Kier alpha value is -0.680. The first kappa shape index (κ1) is 15.7. The molecule has 2 rings (SSSR count). The summed E-state index contributed by atoms with van der Waals surface area (Å²) >= 11 is 7.05. The minimum Gasteiger partial charge on any atom is -0.329 e. The van der Waals surface area contributed by atoms with Crippen LogP contribution in [-0.4, -0.2) is 18.0 Å². The van der Waals surface area contributed by atoms with Crippen LogP contribution in [0.4, 0.5) is 0 Å². The molecule has 2 aromatic rings. The summed E-state index contributed by atoms with van der Waals surface area (Å²) in [5.41, 5.74) is 8.33. The smallest absolute Gasteiger partial charge is 0.0320 e. The van der Waals surface area contributed by atoms with Crippen LogP contribution in [0.5, 0.6) is 0 Å². The molecule has 2 N–H and O–H groups in total. The highest BCUT2D eigenvalue weighted by molar-refractivity contribution is 9.13. The van der Waals surface area contributed by atoms with E-state index in [9.17, 15) is 0 Å². The van der Waals surface area contributed by atoms with Gasteiger partial charge in [-0.1, -0.05) is 36.4 Å². The van der Waals surface area contributed by atoms with E-state index in [0.717, 1.165) is 28.6 Å². The highest BCUT2D eigenvalue weighted by atomic mass is 79.9. The van der Waals surface area contributed by atoms with Gasteiger partial charge in [-0.15, -0.1) is 0 Å². The topological polar surface area (TPSA) is 29.3 Å². The van der Waals surface area contributed by atoms with Crippen LogP contribution in [0.25, 0.3) is 0 Å². The molecule has 0 spiro atoms. The Labute approximate surface area is 137 Å². The first-order valence-electron chi connectivity index (χ1n) is 6.59. The van der Waals surface area contributed by atoms with Crippen molar-refractivity contribution in [1.82, 2.24) is 4.90 Å². The normalized spacial score (nSPS) is 11.0. The van der Waals surface area contributed by atoms with Gasteiger partial charge < -0.3 is 5.73 Å². The lowest BCUT2D eigenvalue weighted by Crippen LogP contribution is -2.28. The average Bonchev–Trinajstić information content (AvgIpc) is 2.44. The van der Waals surface area contributed by atoms with Gasteiger partial charge in [0.25, 0.3) is 0 Å². The van der Waals surface area contributed by atoms with Crippen molar-refractivity contribution >= 4 is 31.9 Å². The fourth-order valence-corrected chi connectivity index (χ4v) is 2.81. The second kappa shape index (κ2) is 7.93. The molecule has 0 radical (unpaired) electrons.